The van der Waals surface area contributed by atoms with Crippen LogP contribution in [0.1, 0.15) is 29.3 Å². The second-order valence-electron chi connectivity index (χ2n) is 3.05. The van der Waals surface area contributed by atoms with Crippen LogP contribution >= 0.6 is 0 Å². The quantitative estimate of drug-likeness (QED) is 0.579. The van der Waals surface area contributed by atoms with Gasteiger partial charge >= 0.3 is 5.97 Å². The minimum atomic E-state index is -0.714. The number of rotatable bonds is 2. The molecule has 0 amide bonds. The van der Waals surface area contributed by atoms with Gasteiger partial charge in [0, 0.05) is 5.56 Å². The van der Waals surface area contributed by atoms with E-state index in [2.05, 4.69) is 11.8 Å². The zero-order valence-corrected chi connectivity index (χ0v) is 9.29. The Bertz CT molecular complexity index is 520. The molecular formula is C13H10FNO2. The van der Waals surface area contributed by atoms with Gasteiger partial charge in [-0.25, -0.2) is 9.18 Å². The van der Waals surface area contributed by atoms with Crippen LogP contribution in [0.2, 0.25) is 0 Å². The van der Waals surface area contributed by atoms with Crippen molar-refractivity contribution in [3.63, 3.8) is 0 Å². The van der Waals surface area contributed by atoms with Crippen LogP contribution in [0.15, 0.2) is 18.2 Å². The van der Waals surface area contributed by atoms with E-state index < -0.39 is 11.8 Å². The SMILES string of the molecule is CCOC(=O)c1cc(C#CCC#N)ccc1F. The third-order valence-corrected chi connectivity index (χ3v) is 1.86. The van der Waals surface area contributed by atoms with Gasteiger partial charge < -0.3 is 4.74 Å². The number of carbonyl (C=O) groups excluding carboxylic acids is 1. The van der Waals surface area contributed by atoms with Crippen molar-refractivity contribution in [3.05, 3.63) is 35.1 Å². The van der Waals surface area contributed by atoms with Crippen LogP contribution in [0.25, 0.3) is 0 Å². The highest BCUT2D eigenvalue weighted by molar-refractivity contribution is 5.90. The predicted octanol–water partition coefficient (Wildman–Crippen LogP) is 2.27. The average Bonchev–Trinajstić information content (AvgIpc) is 2.32. The Kier molecular flexibility index (Phi) is 4.72. The smallest absolute Gasteiger partial charge is 0.341 e. The zero-order valence-electron chi connectivity index (χ0n) is 9.29. The Balaban J connectivity index is 3.00. The molecule has 0 bridgehead atoms. The maximum absolute atomic E-state index is 13.3. The lowest BCUT2D eigenvalue weighted by atomic mass is 10.1. The summed E-state index contributed by atoms with van der Waals surface area (Å²) in [5.41, 5.74) is 0.334. The lowest BCUT2D eigenvalue weighted by Gasteiger charge is -2.03. The first-order chi connectivity index (χ1) is 8.19. The lowest BCUT2D eigenvalue weighted by molar-refractivity contribution is 0.0521. The highest BCUT2D eigenvalue weighted by atomic mass is 19.1. The van der Waals surface area contributed by atoms with E-state index in [0.29, 0.717) is 5.56 Å². The first-order valence-corrected chi connectivity index (χ1v) is 5.01. The molecule has 1 aromatic carbocycles. The summed E-state index contributed by atoms with van der Waals surface area (Å²) in [6, 6.07) is 5.79. The molecule has 0 unspecified atom stereocenters. The normalized spacial score (nSPS) is 8.76. The van der Waals surface area contributed by atoms with Gasteiger partial charge in [0.05, 0.1) is 24.7 Å². The Labute approximate surface area is 98.8 Å². The van der Waals surface area contributed by atoms with Gasteiger partial charge in [0.1, 0.15) is 5.82 Å². The Hall–Kier alpha value is -2.33. The Morgan fingerprint density at radius 2 is 2.29 bits per heavy atom. The zero-order chi connectivity index (χ0) is 12.7. The van der Waals surface area contributed by atoms with Gasteiger partial charge in [-0.15, -0.1) is 0 Å². The van der Waals surface area contributed by atoms with Crippen molar-refractivity contribution in [2.45, 2.75) is 13.3 Å². The van der Waals surface area contributed by atoms with Gasteiger partial charge in [0.2, 0.25) is 0 Å². The second-order valence-corrected chi connectivity index (χ2v) is 3.05. The van der Waals surface area contributed by atoms with E-state index in [1.807, 2.05) is 6.07 Å². The molecule has 0 spiro atoms. The largest absolute Gasteiger partial charge is 0.462 e. The summed E-state index contributed by atoms with van der Waals surface area (Å²) >= 11 is 0. The van der Waals surface area contributed by atoms with Gasteiger partial charge in [-0.2, -0.15) is 5.26 Å². The van der Waals surface area contributed by atoms with Crippen molar-refractivity contribution in [1.82, 2.24) is 0 Å². The van der Waals surface area contributed by atoms with E-state index in [9.17, 15) is 9.18 Å². The number of esters is 1. The maximum Gasteiger partial charge on any atom is 0.341 e. The summed E-state index contributed by atoms with van der Waals surface area (Å²) < 4.78 is 18.0. The van der Waals surface area contributed by atoms with Crippen molar-refractivity contribution in [2.75, 3.05) is 6.61 Å². The van der Waals surface area contributed by atoms with E-state index in [1.54, 1.807) is 6.92 Å². The highest BCUT2D eigenvalue weighted by Gasteiger charge is 2.12. The number of nitriles is 1. The summed E-state index contributed by atoms with van der Waals surface area (Å²) in [6.45, 7) is 1.83. The van der Waals surface area contributed by atoms with Gasteiger partial charge in [-0.05, 0) is 25.1 Å². The number of nitrogens with zero attached hydrogens (tertiary/aromatic N) is 1. The van der Waals surface area contributed by atoms with E-state index in [1.165, 1.54) is 12.1 Å². The monoisotopic (exact) mass is 231 g/mol. The molecule has 0 saturated heterocycles. The Morgan fingerprint density at radius 3 is 2.94 bits per heavy atom. The molecule has 4 heteroatoms. The summed E-state index contributed by atoms with van der Waals surface area (Å²) in [4.78, 5) is 11.4. The number of ether oxygens (including phenoxy) is 1. The molecule has 0 aromatic heterocycles. The summed E-state index contributed by atoms with van der Waals surface area (Å²) in [5, 5.41) is 8.31. The summed E-state index contributed by atoms with van der Waals surface area (Å²) in [7, 11) is 0. The molecule has 1 rings (SSSR count). The van der Waals surface area contributed by atoms with Gasteiger partial charge in [-0.3, -0.25) is 0 Å². The molecule has 0 aliphatic heterocycles. The predicted molar refractivity (Wildman–Crippen MR) is 59.5 cm³/mol. The van der Waals surface area contributed by atoms with Crippen LogP contribution in [-0.2, 0) is 4.74 Å². The van der Waals surface area contributed by atoms with Crippen molar-refractivity contribution < 1.29 is 13.9 Å². The number of hydrogen-bond acceptors (Lipinski definition) is 3. The van der Waals surface area contributed by atoms with Gasteiger partial charge in [-0.1, -0.05) is 11.8 Å². The molecule has 0 aliphatic rings. The molecule has 86 valence electrons. The summed E-state index contributed by atoms with van der Waals surface area (Å²) in [6.07, 6.45) is 0.0894. The van der Waals surface area contributed by atoms with Crippen molar-refractivity contribution in [2.24, 2.45) is 0 Å². The van der Waals surface area contributed by atoms with Crippen LogP contribution in [0.4, 0.5) is 4.39 Å². The van der Waals surface area contributed by atoms with Crippen LogP contribution in [0.5, 0.6) is 0 Å². The fourth-order valence-electron chi connectivity index (χ4n) is 1.15. The fourth-order valence-corrected chi connectivity index (χ4v) is 1.15. The van der Waals surface area contributed by atoms with Crippen LogP contribution in [0, 0.1) is 29.0 Å². The maximum atomic E-state index is 13.3. The number of hydrogen-bond donors (Lipinski definition) is 0. The van der Waals surface area contributed by atoms with Crippen LogP contribution in [-0.4, -0.2) is 12.6 Å². The van der Waals surface area contributed by atoms with E-state index >= 15 is 0 Å². The molecule has 0 aliphatic carbocycles. The molecule has 0 N–H and O–H groups in total. The number of carbonyl (C=O) groups is 1. The molecule has 0 heterocycles. The minimum absolute atomic E-state index is 0.0894. The molecule has 1 aromatic rings. The number of halogens is 1. The molecule has 0 saturated carbocycles. The van der Waals surface area contributed by atoms with Crippen molar-refractivity contribution in [3.8, 4) is 17.9 Å². The molecular weight excluding hydrogens is 221 g/mol. The third-order valence-electron chi connectivity index (χ3n) is 1.86. The van der Waals surface area contributed by atoms with Gasteiger partial charge in [0.15, 0.2) is 0 Å². The van der Waals surface area contributed by atoms with Gasteiger partial charge in [0.25, 0.3) is 0 Å². The second kappa shape index (κ2) is 6.30. The first-order valence-electron chi connectivity index (χ1n) is 5.01. The average molecular weight is 231 g/mol. The van der Waals surface area contributed by atoms with Crippen LogP contribution < -0.4 is 0 Å². The lowest BCUT2D eigenvalue weighted by Crippen LogP contribution is -2.07. The molecule has 3 nitrogen and oxygen atoms in total. The Morgan fingerprint density at radius 1 is 1.53 bits per heavy atom. The fraction of sp³-hybridized carbons (Fsp3) is 0.231. The molecule has 0 radical (unpaired) electrons. The molecule has 0 fully saturated rings. The third kappa shape index (κ3) is 3.62. The standard InChI is InChI=1S/C13H10FNO2/c1-2-17-13(16)11-9-10(5-3-4-8-15)6-7-12(11)14/h6-7,9H,2,4H2,1H3. The van der Waals surface area contributed by atoms with Crippen molar-refractivity contribution in [1.29, 1.82) is 5.26 Å². The van der Waals surface area contributed by atoms with Crippen molar-refractivity contribution >= 4 is 5.97 Å². The highest BCUT2D eigenvalue weighted by Crippen LogP contribution is 2.11. The number of benzene rings is 1. The molecule has 17 heavy (non-hydrogen) atoms. The topological polar surface area (TPSA) is 50.1 Å². The van der Waals surface area contributed by atoms with E-state index in [0.717, 1.165) is 6.07 Å². The summed E-state index contributed by atoms with van der Waals surface area (Å²) in [5.74, 6) is 3.89. The first kappa shape index (κ1) is 12.7. The molecule has 0 atom stereocenters. The minimum Gasteiger partial charge on any atom is -0.462 e. The van der Waals surface area contributed by atoms with Crippen LogP contribution in [0.3, 0.4) is 0 Å². The van der Waals surface area contributed by atoms with E-state index in [-0.39, 0.29) is 18.6 Å². The van der Waals surface area contributed by atoms with E-state index in [4.69, 9.17) is 10.00 Å².